The second-order valence-electron chi connectivity index (χ2n) is 14.1. The summed E-state index contributed by atoms with van der Waals surface area (Å²) in [4.78, 5) is 49.1. The number of rotatable bonds is 11. The van der Waals surface area contributed by atoms with Crippen molar-refractivity contribution in [1.29, 1.82) is 0 Å². The van der Waals surface area contributed by atoms with Crippen molar-refractivity contribution >= 4 is 47.5 Å². The van der Waals surface area contributed by atoms with Gasteiger partial charge in [-0.1, -0.05) is 64.1 Å². The summed E-state index contributed by atoms with van der Waals surface area (Å²) in [5, 5.41) is 2.55. The number of hydrogen-bond donors (Lipinski definition) is 0. The van der Waals surface area contributed by atoms with E-state index in [2.05, 4.69) is 13.2 Å². The quantitative estimate of drug-likeness (QED) is 0.154. The molecule has 0 saturated heterocycles. The molecule has 0 radical (unpaired) electrons. The normalized spacial score (nSPS) is 15.7. The predicted molar refractivity (Wildman–Crippen MR) is 203 cm³/mol. The summed E-state index contributed by atoms with van der Waals surface area (Å²) in [6.07, 6.45) is 15.6. The summed E-state index contributed by atoms with van der Waals surface area (Å²) in [6, 6.07) is 11.3. The minimum absolute atomic E-state index is 0.245. The zero-order chi connectivity index (χ0) is 38.4. The van der Waals surface area contributed by atoms with Crippen molar-refractivity contribution in [2.24, 2.45) is 10.8 Å². The van der Waals surface area contributed by atoms with Crippen LogP contribution in [0.1, 0.15) is 68.2 Å². The molecule has 270 valence electrons. The molecule has 0 saturated carbocycles. The highest BCUT2D eigenvalue weighted by Gasteiger charge is 2.20. The monoisotopic (exact) mass is 702 g/mol. The van der Waals surface area contributed by atoms with Crippen LogP contribution in [0.2, 0.25) is 0 Å². The standard InChI is InChI=1S/C44H46O8/c1-11-43(7,8)19-17-33-23-37(49-27(3)45)25-35-21-31(13-15-39(35)41(33)51-29(5)47)32-14-16-40-36(22-32)26-38(50-28(4)46)24-34(42(40)52-30(6)48)18-20-44(9,10)12-2/h11-18,21-26H,1-2,19-20H2,3-10H3/b33-17-,34-18+. The number of ether oxygens (including phenoxy) is 4. The number of allylic oxidation sites excluding steroid dienone is 6. The summed E-state index contributed by atoms with van der Waals surface area (Å²) in [5.74, 6) is -0.771. The molecule has 52 heavy (non-hydrogen) atoms. The summed E-state index contributed by atoms with van der Waals surface area (Å²) in [7, 11) is 0. The molecule has 8 nitrogen and oxygen atoms in total. The van der Waals surface area contributed by atoms with Crippen LogP contribution in [0.3, 0.4) is 0 Å². The number of fused-ring (bicyclic) bond motifs is 2. The lowest BCUT2D eigenvalue weighted by Crippen LogP contribution is -2.30. The average molecular weight is 703 g/mol. The molecule has 0 spiro atoms. The lowest BCUT2D eigenvalue weighted by Gasteiger charge is -2.18. The van der Waals surface area contributed by atoms with E-state index in [1.54, 1.807) is 24.3 Å². The van der Waals surface area contributed by atoms with Crippen LogP contribution < -0.4 is 20.9 Å². The molecular formula is C44H46O8. The van der Waals surface area contributed by atoms with Gasteiger partial charge in [0.1, 0.15) is 23.0 Å². The van der Waals surface area contributed by atoms with Crippen LogP contribution in [0.25, 0.3) is 34.8 Å². The summed E-state index contributed by atoms with van der Waals surface area (Å²) >= 11 is 0. The fourth-order valence-corrected chi connectivity index (χ4v) is 5.46. The van der Waals surface area contributed by atoms with Gasteiger partial charge in [-0.3, -0.25) is 19.2 Å². The fourth-order valence-electron chi connectivity index (χ4n) is 5.46. The first-order valence-corrected chi connectivity index (χ1v) is 17.0. The highest BCUT2D eigenvalue weighted by Crippen LogP contribution is 2.29. The molecule has 2 aromatic rings. The van der Waals surface area contributed by atoms with Crippen molar-refractivity contribution < 1.29 is 38.1 Å². The highest BCUT2D eigenvalue weighted by atomic mass is 16.5. The second-order valence-corrected chi connectivity index (χ2v) is 14.1. The summed E-state index contributed by atoms with van der Waals surface area (Å²) in [5.41, 5.74) is 2.26. The van der Waals surface area contributed by atoms with E-state index in [4.69, 9.17) is 18.9 Å². The molecule has 8 heteroatoms. The molecule has 0 aromatic heterocycles. The molecule has 0 unspecified atom stereocenters. The Balaban J connectivity index is 2.02. The molecule has 2 aliphatic carbocycles. The Kier molecular flexibility index (Phi) is 12.1. The Morgan fingerprint density at radius 1 is 0.558 bits per heavy atom. The number of carbonyl (C=O) groups is 4. The minimum atomic E-state index is -0.499. The largest absolute Gasteiger partial charge is 0.427 e. The Labute approximate surface area is 304 Å². The van der Waals surface area contributed by atoms with Crippen LogP contribution in [0.15, 0.2) is 109 Å². The van der Waals surface area contributed by atoms with E-state index in [1.165, 1.54) is 27.7 Å². The van der Waals surface area contributed by atoms with Gasteiger partial charge in [-0.25, -0.2) is 0 Å². The zero-order valence-electron chi connectivity index (χ0n) is 31.2. The highest BCUT2D eigenvalue weighted by molar-refractivity contribution is 5.82. The van der Waals surface area contributed by atoms with E-state index in [1.807, 2.05) is 88.4 Å². The average Bonchev–Trinajstić information content (AvgIpc) is 3.28. The van der Waals surface area contributed by atoms with Gasteiger partial charge in [0.25, 0.3) is 0 Å². The molecule has 0 amide bonds. The van der Waals surface area contributed by atoms with Crippen molar-refractivity contribution in [2.75, 3.05) is 0 Å². The Morgan fingerprint density at radius 3 is 1.21 bits per heavy atom. The van der Waals surface area contributed by atoms with E-state index in [-0.39, 0.29) is 22.3 Å². The van der Waals surface area contributed by atoms with E-state index >= 15 is 0 Å². The molecule has 0 aliphatic heterocycles. The van der Waals surface area contributed by atoms with Gasteiger partial charge in [0.05, 0.1) is 0 Å². The van der Waals surface area contributed by atoms with E-state index in [0.29, 0.717) is 56.4 Å². The molecule has 0 heterocycles. The lowest BCUT2D eigenvalue weighted by molar-refractivity contribution is -0.137. The molecule has 0 atom stereocenters. The Bertz CT molecular complexity index is 2080. The third-order valence-corrected chi connectivity index (χ3v) is 8.46. The maximum absolute atomic E-state index is 12.4. The summed E-state index contributed by atoms with van der Waals surface area (Å²) in [6.45, 7) is 21.3. The van der Waals surface area contributed by atoms with E-state index in [0.717, 1.165) is 11.1 Å². The third kappa shape index (κ3) is 10.2. The number of hydrogen-bond acceptors (Lipinski definition) is 8. The van der Waals surface area contributed by atoms with Gasteiger partial charge in [0, 0.05) is 49.3 Å². The molecule has 2 aromatic carbocycles. The van der Waals surface area contributed by atoms with Crippen molar-refractivity contribution in [1.82, 2.24) is 0 Å². The van der Waals surface area contributed by atoms with Gasteiger partial charge < -0.3 is 18.9 Å². The molecule has 0 bridgehead atoms. The van der Waals surface area contributed by atoms with Crippen molar-refractivity contribution in [3.05, 3.63) is 130 Å². The molecule has 4 rings (SSSR count). The van der Waals surface area contributed by atoms with Gasteiger partial charge >= 0.3 is 23.9 Å². The van der Waals surface area contributed by atoms with E-state index in [9.17, 15) is 19.2 Å². The fraction of sp³-hybridized carbons (Fsp3) is 0.273. The maximum Gasteiger partial charge on any atom is 0.308 e. The molecular weight excluding hydrogens is 656 g/mol. The third-order valence-electron chi connectivity index (χ3n) is 8.46. The first-order chi connectivity index (χ1) is 24.4. The second kappa shape index (κ2) is 16.1. The number of carbonyl (C=O) groups excluding carboxylic acids is 4. The first-order valence-electron chi connectivity index (χ1n) is 17.0. The Hall–Kier alpha value is -5.76. The van der Waals surface area contributed by atoms with Gasteiger partial charge in [-0.2, -0.15) is 0 Å². The lowest BCUT2D eigenvalue weighted by atomic mass is 9.88. The van der Waals surface area contributed by atoms with Crippen LogP contribution in [0.5, 0.6) is 0 Å². The van der Waals surface area contributed by atoms with Gasteiger partial charge in [0.15, 0.2) is 0 Å². The minimum Gasteiger partial charge on any atom is -0.427 e. The first kappa shape index (κ1) is 39.0. The van der Waals surface area contributed by atoms with Crippen LogP contribution >= 0.6 is 0 Å². The zero-order valence-corrected chi connectivity index (χ0v) is 31.2. The van der Waals surface area contributed by atoms with E-state index < -0.39 is 23.9 Å². The predicted octanol–water partition coefficient (Wildman–Crippen LogP) is 6.24. The smallest absolute Gasteiger partial charge is 0.308 e. The van der Waals surface area contributed by atoms with Crippen LogP contribution in [-0.4, -0.2) is 23.9 Å². The molecule has 0 fully saturated rings. The summed E-state index contributed by atoms with van der Waals surface area (Å²) < 4.78 is 22.8. The molecule has 0 N–H and O–H groups in total. The van der Waals surface area contributed by atoms with Crippen molar-refractivity contribution in [3.63, 3.8) is 0 Å². The van der Waals surface area contributed by atoms with Gasteiger partial charge in [-0.05, 0) is 93.8 Å². The molecule has 2 aliphatic rings. The van der Waals surface area contributed by atoms with Crippen LogP contribution in [0, 0.1) is 10.8 Å². The SMILES string of the molecule is C=CC(C)(C)C/C=C1/C=C(OC(C)=O)C=c2cc(-c3ccc4c(c3)=CC(OC(C)=O)=C/C(=C\CC(C)(C)C=C)C=4OC(C)=O)ccc2=C1OC(C)=O. The van der Waals surface area contributed by atoms with Crippen molar-refractivity contribution in [3.8, 4) is 11.1 Å². The van der Waals surface area contributed by atoms with Crippen LogP contribution in [-0.2, 0) is 38.1 Å². The van der Waals surface area contributed by atoms with Gasteiger partial charge in [0.2, 0.25) is 0 Å². The topological polar surface area (TPSA) is 105 Å². The van der Waals surface area contributed by atoms with Gasteiger partial charge in [-0.15, -0.1) is 13.2 Å². The number of benzene rings is 2. The van der Waals surface area contributed by atoms with Crippen LogP contribution in [0.4, 0.5) is 0 Å². The van der Waals surface area contributed by atoms with Crippen molar-refractivity contribution in [2.45, 2.75) is 68.2 Å². The number of esters is 4. The Morgan fingerprint density at radius 2 is 0.904 bits per heavy atom. The maximum atomic E-state index is 12.4.